The standard InChI is InChI=1S/C15H17N5O4S.C8H6N2O2/c1-4-9-7-12-11(8-10(9)13-5-6-16-19(13)2)14(21)20(15(22)17-12)18-25(3,23)24;11-7-5-3-1-2-4-6(5)9-8(12)10-7/h5-8,18H,4H2,1-3H3,(H,17,22);1-4H,(H2,9,10,11,12). The van der Waals surface area contributed by atoms with Gasteiger partial charge < -0.3 is 9.97 Å². The van der Waals surface area contributed by atoms with Crippen LogP contribution in [0.25, 0.3) is 33.1 Å². The predicted molar refractivity (Wildman–Crippen MR) is 140 cm³/mol. The Labute approximate surface area is 208 Å². The summed E-state index contributed by atoms with van der Waals surface area (Å²) < 4.78 is 24.9. The number of para-hydroxylation sites is 1. The molecule has 5 aromatic rings. The third-order valence-corrected chi connectivity index (χ3v) is 6.02. The van der Waals surface area contributed by atoms with Crippen molar-refractivity contribution in [1.29, 1.82) is 0 Å². The number of nitrogens with one attached hydrogen (secondary N) is 4. The molecule has 0 bridgehead atoms. The number of aromatic amines is 3. The molecule has 192 valence electrons. The number of hydrogen-bond donors (Lipinski definition) is 4. The molecule has 14 heteroatoms. The van der Waals surface area contributed by atoms with E-state index in [0.29, 0.717) is 27.5 Å². The minimum absolute atomic E-state index is 0.198. The topological polar surface area (TPSA) is 185 Å². The summed E-state index contributed by atoms with van der Waals surface area (Å²) in [5.74, 6) is 0. The minimum Gasteiger partial charge on any atom is -0.307 e. The first-order chi connectivity index (χ1) is 17.5. The Kier molecular flexibility index (Phi) is 6.68. The van der Waals surface area contributed by atoms with Crippen LogP contribution in [0.4, 0.5) is 0 Å². The zero-order valence-electron chi connectivity index (χ0n) is 20.0. The Morgan fingerprint density at radius 2 is 1.68 bits per heavy atom. The number of benzene rings is 2. The molecule has 2 aromatic carbocycles. The van der Waals surface area contributed by atoms with Gasteiger partial charge in [0, 0.05) is 18.8 Å². The van der Waals surface area contributed by atoms with Gasteiger partial charge in [0.25, 0.3) is 11.1 Å². The van der Waals surface area contributed by atoms with Crippen LogP contribution in [0.3, 0.4) is 0 Å². The van der Waals surface area contributed by atoms with E-state index in [9.17, 15) is 27.6 Å². The van der Waals surface area contributed by atoms with Gasteiger partial charge in [-0.3, -0.25) is 19.3 Å². The number of rotatable bonds is 4. The summed E-state index contributed by atoms with van der Waals surface area (Å²) >= 11 is 0. The molecule has 3 aromatic heterocycles. The van der Waals surface area contributed by atoms with Crippen LogP contribution < -0.4 is 27.3 Å². The Bertz CT molecular complexity index is 1980. The molecular formula is C23H23N7O6S. The SMILES string of the molecule is CCc1cc2[nH]c(=O)n(NS(C)(=O)=O)c(=O)c2cc1-c1ccnn1C.O=c1[nH]c(=O)c2ccccc2[nH]1. The fourth-order valence-electron chi connectivity index (χ4n) is 3.84. The van der Waals surface area contributed by atoms with E-state index >= 15 is 0 Å². The van der Waals surface area contributed by atoms with E-state index < -0.39 is 27.0 Å². The van der Waals surface area contributed by atoms with Gasteiger partial charge >= 0.3 is 11.4 Å². The van der Waals surface area contributed by atoms with Crippen molar-refractivity contribution in [3.8, 4) is 11.3 Å². The van der Waals surface area contributed by atoms with E-state index in [1.807, 2.05) is 17.8 Å². The maximum atomic E-state index is 12.6. The monoisotopic (exact) mass is 525 g/mol. The molecule has 37 heavy (non-hydrogen) atoms. The third-order valence-electron chi connectivity index (χ3n) is 5.50. The summed E-state index contributed by atoms with van der Waals surface area (Å²) in [6.45, 7) is 1.96. The Hall–Kier alpha value is -4.72. The fraction of sp³-hybridized carbons (Fsp3) is 0.174. The lowest BCUT2D eigenvalue weighted by Gasteiger charge is -2.12. The molecule has 0 aliphatic heterocycles. The Morgan fingerprint density at radius 1 is 0.946 bits per heavy atom. The maximum absolute atomic E-state index is 12.6. The van der Waals surface area contributed by atoms with Crippen molar-refractivity contribution >= 4 is 31.8 Å². The number of fused-ring (bicyclic) bond motifs is 2. The average molecular weight is 526 g/mol. The predicted octanol–water partition coefficient (Wildman–Crippen LogP) is 0.372. The number of hydrogen-bond acceptors (Lipinski definition) is 7. The van der Waals surface area contributed by atoms with Crippen molar-refractivity contribution in [2.75, 3.05) is 11.1 Å². The molecule has 13 nitrogen and oxygen atoms in total. The first kappa shape index (κ1) is 25.4. The molecule has 0 aliphatic rings. The van der Waals surface area contributed by atoms with Gasteiger partial charge in [-0.05, 0) is 42.3 Å². The second kappa shape index (κ2) is 9.73. The largest absolute Gasteiger partial charge is 0.348 e. The second-order valence-corrected chi connectivity index (χ2v) is 9.86. The number of aryl methyl sites for hydroxylation is 2. The van der Waals surface area contributed by atoms with Crippen LogP contribution in [0.15, 0.2) is 67.8 Å². The van der Waals surface area contributed by atoms with Crippen molar-refractivity contribution in [3.05, 3.63) is 95.9 Å². The molecule has 0 saturated carbocycles. The number of H-pyrrole nitrogens is 3. The van der Waals surface area contributed by atoms with Crippen LogP contribution in [-0.2, 0) is 23.5 Å². The van der Waals surface area contributed by atoms with E-state index in [4.69, 9.17) is 0 Å². The molecule has 3 heterocycles. The van der Waals surface area contributed by atoms with Crippen molar-refractivity contribution in [1.82, 2.24) is 29.4 Å². The summed E-state index contributed by atoms with van der Waals surface area (Å²) in [7, 11) is -2.00. The summed E-state index contributed by atoms with van der Waals surface area (Å²) in [4.78, 5) is 55.7. The summed E-state index contributed by atoms with van der Waals surface area (Å²) in [6, 6.07) is 12.0. The molecule has 0 spiro atoms. The number of aromatic nitrogens is 6. The van der Waals surface area contributed by atoms with Gasteiger partial charge in [0.1, 0.15) is 0 Å². The molecule has 0 radical (unpaired) electrons. The Morgan fingerprint density at radius 3 is 2.32 bits per heavy atom. The molecular weight excluding hydrogens is 502 g/mol. The maximum Gasteiger partial charge on any atom is 0.348 e. The van der Waals surface area contributed by atoms with Gasteiger partial charge in [0.15, 0.2) is 0 Å². The molecule has 5 rings (SSSR count). The van der Waals surface area contributed by atoms with Crippen LogP contribution in [-0.4, -0.2) is 44.1 Å². The highest BCUT2D eigenvalue weighted by atomic mass is 32.2. The highest BCUT2D eigenvalue weighted by Gasteiger charge is 2.15. The zero-order valence-corrected chi connectivity index (χ0v) is 20.8. The molecule has 0 atom stereocenters. The second-order valence-electron chi connectivity index (χ2n) is 8.14. The molecule has 0 aliphatic carbocycles. The van der Waals surface area contributed by atoms with Gasteiger partial charge in [0.2, 0.25) is 10.0 Å². The van der Waals surface area contributed by atoms with E-state index in [1.54, 1.807) is 54.3 Å². The van der Waals surface area contributed by atoms with Gasteiger partial charge in [0.05, 0.1) is 33.8 Å². The van der Waals surface area contributed by atoms with Crippen molar-refractivity contribution < 1.29 is 8.42 Å². The van der Waals surface area contributed by atoms with Crippen molar-refractivity contribution in [2.24, 2.45) is 7.05 Å². The van der Waals surface area contributed by atoms with E-state index in [1.165, 1.54) is 0 Å². The van der Waals surface area contributed by atoms with Crippen molar-refractivity contribution in [3.63, 3.8) is 0 Å². The first-order valence-electron chi connectivity index (χ1n) is 11.0. The normalized spacial score (nSPS) is 11.3. The highest BCUT2D eigenvalue weighted by Crippen LogP contribution is 2.26. The van der Waals surface area contributed by atoms with Crippen LogP contribution in [0.2, 0.25) is 0 Å². The van der Waals surface area contributed by atoms with Crippen LogP contribution >= 0.6 is 0 Å². The average Bonchev–Trinajstić information content (AvgIpc) is 3.26. The lowest BCUT2D eigenvalue weighted by molar-refractivity contribution is 0.598. The summed E-state index contributed by atoms with van der Waals surface area (Å²) in [5.41, 5.74) is 1.04. The van der Waals surface area contributed by atoms with Gasteiger partial charge in [-0.15, -0.1) is 0 Å². The molecule has 0 fully saturated rings. The third kappa shape index (κ3) is 5.28. The van der Waals surface area contributed by atoms with E-state index in [2.05, 4.69) is 20.1 Å². The number of sulfonamides is 1. The van der Waals surface area contributed by atoms with E-state index in [0.717, 1.165) is 23.1 Å². The molecule has 0 unspecified atom stereocenters. The van der Waals surface area contributed by atoms with E-state index in [-0.39, 0.29) is 10.9 Å². The van der Waals surface area contributed by atoms with Crippen LogP contribution in [0, 0.1) is 0 Å². The van der Waals surface area contributed by atoms with Gasteiger partial charge in [-0.2, -0.15) is 9.77 Å². The smallest absolute Gasteiger partial charge is 0.307 e. The quantitative estimate of drug-likeness (QED) is 0.261. The summed E-state index contributed by atoms with van der Waals surface area (Å²) in [6.07, 6.45) is 3.20. The van der Waals surface area contributed by atoms with Crippen LogP contribution in [0.5, 0.6) is 0 Å². The number of nitrogens with zero attached hydrogens (tertiary/aromatic N) is 3. The van der Waals surface area contributed by atoms with Crippen molar-refractivity contribution in [2.45, 2.75) is 13.3 Å². The van der Waals surface area contributed by atoms with Gasteiger partial charge in [-0.25, -0.2) is 22.8 Å². The first-order valence-corrected chi connectivity index (χ1v) is 12.9. The summed E-state index contributed by atoms with van der Waals surface area (Å²) in [5, 5.41) is 4.83. The van der Waals surface area contributed by atoms with Gasteiger partial charge in [-0.1, -0.05) is 19.1 Å². The van der Waals surface area contributed by atoms with Crippen LogP contribution in [0.1, 0.15) is 12.5 Å². The highest BCUT2D eigenvalue weighted by molar-refractivity contribution is 7.91. The lowest BCUT2D eigenvalue weighted by atomic mass is 10.00. The zero-order chi connectivity index (χ0) is 26.9. The lowest BCUT2D eigenvalue weighted by Crippen LogP contribution is -2.43. The Balaban J connectivity index is 0.000000222. The fourth-order valence-corrected chi connectivity index (χ4v) is 4.34. The molecule has 0 saturated heterocycles. The molecule has 4 N–H and O–H groups in total. The minimum atomic E-state index is -3.78. The molecule has 0 amide bonds.